The van der Waals surface area contributed by atoms with Crippen LogP contribution in [0.15, 0.2) is 27.9 Å². The smallest absolute Gasteiger partial charge is 0.369 e. The van der Waals surface area contributed by atoms with Gasteiger partial charge in [0.25, 0.3) is 5.13 Å². The van der Waals surface area contributed by atoms with E-state index < -0.39 is 15.5 Å². The lowest BCUT2D eigenvalue weighted by Crippen LogP contribution is -2.35. The van der Waals surface area contributed by atoms with Crippen molar-refractivity contribution in [3.8, 4) is 0 Å². The van der Waals surface area contributed by atoms with Crippen LogP contribution in [0.25, 0.3) is 0 Å². The molecule has 13 heteroatoms. The fourth-order valence-corrected chi connectivity index (χ4v) is 3.80. The number of aryl methyl sites for hydroxylation is 1. The van der Waals surface area contributed by atoms with Gasteiger partial charge in [0.15, 0.2) is 0 Å². The van der Waals surface area contributed by atoms with Crippen LogP contribution in [0.1, 0.15) is 25.8 Å². The molecule has 8 nitrogen and oxygen atoms in total. The summed E-state index contributed by atoms with van der Waals surface area (Å²) in [6.07, 6.45) is 1.57. The Bertz CT molecular complexity index is 974. The Morgan fingerprint density at radius 2 is 2.04 bits per heavy atom. The number of halogens is 3. The van der Waals surface area contributed by atoms with E-state index in [1.807, 2.05) is 18.7 Å². The molecule has 0 saturated carbocycles. The van der Waals surface area contributed by atoms with Crippen molar-refractivity contribution >= 4 is 43.6 Å². The molecule has 1 aromatic carbocycles. The Kier molecular flexibility index (Phi) is 5.57. The number of hydrogen-bond donors (Lipinski definition) is 1. The summed E-state index contributed by atoms with van der Waals surface area (Å²) < 4.78 is 63.5. The maximum Gasteiger partial charge on any atom is 0.516 e. The number of alkyl halides is 3. The molecule has 0 amide bonds. The predicted molar refractivity (Wildman–Crippen MR) is 99.9 cm³/mol. The molecule has 0 aliphatic carbocycles. The van der Waals surface area contributed by atoms with Crippen LogP contribution < -0.4 is 9.62 Å². The number of aromatic nitrogens is 2. The molecule has 1 N–H and O–H groups in total. The summed E-state index contributed by atoms with van der Waals surface area (Å²) in [6, 6.07) is 3.04. The van der Waals surface area contributed by atoms with Gasteiger partial charge in [-0.15, -0.1) is 20.4 Å². The van der Waals surface area contributed by atoms with Crippen molar-refractivity contribution in [3.05, 3.63) is 23.2 Å². The summed E-state index contributed by atoms with van der Waals surface area (Å²) in [5.74, 6) is 0. The fraction of sp³-hybridized carbons (Fsp3) is 0.467. The van der Waals surface area contributed by atoms with Crippen molar-refractivity contribution in [1.29, 1.82) is 0 Å². The first-order valence-corrected chi connectivity index (χ1v) is 10.7. The summed E-state index contributed by atoms with van der Waals surface area (Å²) in [5.41, 5.74) is -2.80. The molecule has 0 fully saturated rings. The Morgan fingerprint density at radius 3 is 2.64 bits per heavy atom. The first kappa shape index (κ1) is 20.5. The van der Waals surface area contributed by atoms with Gasteiger partial charge in [-0.3, -0.25) is 4.72 Å². The molecule has 3 rings (SSSR count). The van der Waals surface area contributed by atoms with E-state index >= 15 is 0 Å². The molecule has 0 radical (unpaired) electrons. The minimum atomic E-state index is -5.61. The van der Waals surface area contributed by atoms with Crippen molar-refractivity contribution in [1.82, 2.24) is 10.2 Å². The minimum absolute atomic E-state index is 0.0209. The molecule has 2 heterocycles. The molecule has 152 valence electrons. The SMILES string of the molecule is CC(C)N1CCCc2cc(N=Nc3nncs3)c(NS(=O)(=O)C(F)(F)F)cc21. The minimum Gasteiger partial charge on any atom is -0.369 e. The van der Waals surface area contributed by atoms with E-state index in [0.29, 0.717) is 12.1 Å². The Balaban J connectivity index is 2.09. The van der Waals surface area contributed by atoms with Gasteiger partial charge in [0.1, 0.15) is 11.2 Å². The van der Waals surface area contributed by atoms with Crippen LogP contribution >= 0.6 is 11.3 Å². The number of azo groups is 1. The third-order valence-corrected chi connectivity index (χ3v) is 5.79. The van der Waals surface area contributed by atoms with Crippen molar-refractivity contribution in [3.63, 3.8) is 0 Å². The topological polar surface area (TPSA) is 99.9 Å². The molecular formula is C15H17F3N6O2S2. The van der Waals surface area contributed by atoms with Gasteiger partial charge in [-0.25, -0.2) is 0 Å². The number of nitrogens with one attached hydrogen (secondary N) is 1. The third kappa shape index (κ3) is 4.24. The largest absolute Gasteiger partial charge is 0.516 e. The fourth-order valence-electron chi connectivity index (χ4n) is 2.86. The zero-order valence-electron chi connectivity index (χ0n) is 14.9. The first-order chi connectivity index (χ1) is 13.1. The third-order valence-electron chi connectivity index (χ3n) is 4.12. The number of benzene rings is 1. The van der Waals surface area contributed by atoms with E-state index in [4.69, 9.17) is 0 Å². The van der Waals surface area contributed by atoms with Crippen molar-refractivity contribution in [2.45, 2.75) is 38.2 Å². The number of sulfonamides is 1. The first-order valence-electron chi connectivity index (χ1n) is 8.29. The van der Waals surface area contributed by atoms with Gasteiger partial charge < -0.3 is 4.90 Å². The van der Waals surface area contributed by atoms with Gasteiger partial charge in [0, 0.05) is 18.3 Å². The zero-order valence-corrected chi connectivity index (χ0v) is 16.6. The highest BCUT2D eigenvalue weighted by atomic mass is 32.2. The number of fused-ring (bicyclic) bond motifs is 1. The molecule has 2 aromatic rings. The van der Waals surface area contributed by atoms with Crippen molar-refractivity contribution in [2.24, 2.45) is 10.2 Å². The monoisotopic (exact) mass is 434 g/mol. The average molecular weight is 434 g/mol. The number of hydrogen-bond acceptors (Lipinski definition) is 8. The van der Waals surface area contributed by atoms with E-state index in [1.54, 1.807) is 10.8 Å². The lowest BCUT2D eigenvalue weighted by molar-refractivity contribution is -0.0429. The molecule has 0 unspecified atom stereocenters. The molecule has 28 heavy (non-hydrogen) atoms. The molecule has 0 bridgehead atoms. The Hall–Kier alpha value is -2.28. The summed E-state index contributed by atoms with van der Waals surface area (Å²) in [6.45, 7) is 4.64. The second kappa shape index (κ2) is 7.62. The lowest BCUT2D eigenvalue weighted by Gasteiger charge is -2.35. The van der Waals surface area contributed by atoms with Crippen LogP contribution in [0.5, 0.6) is 0 Å². The van der Waals surface area contributed by atoms with E-state index in [-0.39, 0.29) is 22.5 Å². The average Bonchev–Trinajstić information content (AvgIpc) is 3.11. The van der Waals surface area contributed by atoms with Crippen LogP contribution in [-0.4, -0.2) is 36.7 Å². The maximum atomic E-state index is 12.9. The van der Waals surface area contributed by atoms with Gasteiger partial charge in [0.05, 0.1) is 5.69 Å². The van der Waals surface area contributed by atoms with Crippen LogP contribution in [0, 0.1) is 0 Å². The zero-order chi connectivity index (χ0) is 20.5. The van der Waals surface area contributed by atoms with E-state index in [1.165, 1.54) is 11.6 Å². The van der Waals surface area contributed by atoms with Gasteiger partial charge >= 0.3 is 15.5 Å². The summed E-state index contributed by atoms with van der Waals surface area (Å²) in [4.78, 5) is 2.01. The second-order valence-corrected chi connectivity index (χ2v) is 8.85. The summed E-state index contributed by atoms with van der Waals surface area (Å²) in [5, 5.41) is 15.2. The van der Waals surface area contributed by atoms with Crippen molar-refractivity contribution in [2.75, 3.05) is 16.2 Å². The highest BCUT2D eigenvalue weighted by Crippen LogP contribution is 2.40. The van der Waals surface area contributed by atoms with Gasteiger partial charge in [-0.2, -0.15) is 21.6 Å². The normalized spacial score (nSPS) is 15.3. The molecular weight excluding hydrogens is 417 g/mol. The molecule has 1 aromatic heterocycles. The van der Waals surface area contributed by atoms with Crippen molar-refractivity contribution < 1.29 is 21.6 Å². The van der Waals surface area contributed by atoms with Crippen LogP contribution in [0.3, 0.4) is 0 Å². The molecule has 1 aliphatic rings. The molecule has 0 atom stereocenters. The van der Waals surface area contributed by atoms with Gasteiger partial charge in [-0.05, 0) is 44.4 Å². The number of nitrogens with zero attached hydrogens (tertiary/aromatic N) is 5. The summed E-state index contributed by atoms with van der Waals surface area (Å²) in [7, 11) is -5.61. The van der Waals surface area contributed by atoms with Crippen LogP contribution in [0.4, 0.5) is 35.4 Å². The second-order valence-electron chi connectivity index (χ2n) is 6.36. The highest BCUT2D eigenvalue weighted by Gasteiger charge is 2.46. The number of anilines is 2. The van der Waals surface area contributed by atoms with E-state index in [2.05, 4.69) is 20.4 Å². The maximum absolute atomic E-state index is 12.9. The van der Waals surface area contributed by atoms with Crippen LogP contribution in [0.2, 0.25) is 0 Å². The van der Waals surface area contributed by atoms with Crippen LogP contribution in [-0.2, 0) is 16.4 Å². The molecule has 1 aliphatic heterocycles. The quantitative estimate of drug-likeness (QED) is 0.704. The Labute approximate surface area is 163 Å². The standard InChI is InChI=1S/C15H17F3N6O2S2/c1-9(2)24-5-3-4-10-6-11(20-22-14-21-19-8-27-14)12(7-13(10)24)23-28(25,26)15(16,17)18/h6-9,23H,3-5H2,1-2H3. The van der Waals surface area contributed by atoms with Gasteiger partial charge in [0.2, 0.25) is 0 Å². The highest BCUT2D eigenvalue weighted by molar-refractivity contribution is 7.93. The lowest BCUT2D eigenvalue weighted by atomic mass is 9.99. The Morgan fingerprint density at radius 1 is 1.29 bits per heavy atom. The van der Waals surface area contributed by atoms with E-state index in [0.717, 1.165) is 29.9 Å². The number of rotatable bonds is 5. The van der Waals surface area contributed by atoms with E-state index in [9.17, 15) is 21.6 Å². The molecule has 0 spiro atoms. The van der Waals surface area contributed by atoms with Gasteiger partial charge in [-0.1, -0.05) is 11.3 Å². The summed E-state index contributed by atoms with van der Waals surface area (Å²) >= 11 is 1.09. The molecule has 0 saturated heterocycles. The predicted octanol–water partition coefficient (Wildman–Crippen LogP) is 4.38.